The maximum Gasteiger partial charge on any atom is 0.103 e. The monoisotopic (exact) mass is 252 g/mol. The summed E-state index contributed by atoms with van der Waals surface area (Å²) in [4.78, 5) is 1.97. The lowest BCUT2D eigenvalue weighted by atomic mass is 10.3. The lowest BCUT2D eigenvalue weighted by molar-refractivity contribution is 0.506. The molecule has 0 N–H and O–H groups in total. The number of hydrogen-bond acceptors (Lipinski definition) is 1. The minimum absolute atomic E-state index is 1.06. The van der Waals surface area contributed by atoms with E-state index in [1.54, 1.807) is 6.26 Å². The largest absolute Gasteiger partial charge is 0.469 e. The number of rotatable bonds is 2. The van der Waals surface area contributed by atoms with Crippen LogP contribution in [0.5, 0.6) is 0 Å². The number of furan rings is 1. The summed E-state index contributed by atoms with van der Waals surface area (Å²) < 4.78 is 5.07. The molecule has 0 aromatic carbocycles. The fourth-order valence-corrected chi connectivity index (χ4v) is 0.701. The van der Waals surface area contributed by atoms with Crippen LogP contribution in [0.1, 0.15) is 19.1 Å². The molecule has 0 fully saturated rings. The third-order valence-corrected chi connectivity index (χ3v) is 1.08. The molecular weight excluding hydrogens is 239 g/mol. The van der Waals surface area contributed by atoms with Gasteiger partial charge >= 0.3 is 0 Å². The highest BCUT2D eigenvalue weighted by molar-refractivity contribution is 14.1. The van der Waals surface area contributed by atoms with E-state index in [9.17, 15) is 0 Å². The van der Waals surface area contributed by atoms with Crippen molar-refractivity contribution in [2.75, 3.05) is 4.93 Å². The predicted octanol–water partition coefficient (Wildman–Crippen LogP) is 3.28. The zero-order chi connectivity index (χ0) is 7.82. The molecule has 1 rings (SSSR count). The van der Waals surface area contributed by atoms with Crippen LogP contribution in [-0.4, -0.2) is 4.93 Å². The lowest BCUT2D eigenvalue weighted by Crippen LogP contribution is -1.73. The molecule has 1 nitrogen and oxygen atoms in total. The second-order valence-corrected chi connectivity index (χ2v) is 1.83. The van der Waals surface area contributed by atoms with Crippen molar-refractivity contribution in [1.82, 2.24) is 0 Å². The number of halogens is 1. The molecule has 2 heteroatoms. The van der Waals surface area contributed by atoms with Gasteiger partial charge in [-0.15, -0.1) is 0 Å². The van der Waals surface area contributed by atoms with E-state index in [4.69, 9.17) is 4.42 Å². The van der Waals surface area contributed by atoms with Gasteiger partial charge in [-0.2, -0.15) is 0 Å². The van der Waals surface area contributed by atoms with Crippen molar-refractivity contribution in [3.05, 3.63) is 24.2 Å². The second-order valence-electron chi connectivity index (χ2n) is 1.83. The molecule has 0 aliphatic heterocycles. The Kier molecular flexibility index (Phi) is 7.13. The molecule has 1 heterocycles. The Morgan fingerprint density at radius 1 is 1.50 bits per heavy atom. The summed E-state index contributed by atoms with van der Waals surface area (Å²) in [5.41, 5.74) is 0. The third-order valence-electron chi connectivity index (χ3n) is 1.08. The highest BCUT2D eigenvalue weighted by Crippen LogP contribution is 2.01. The number of alkyl halides is 1. The average molecular weight is 252 g/mol. The first-order chi connectivity index (χ1) is 4.93. The van der Waals surface area contributed by atoms with Crippen LogP contribution < -0.4 is 0 Å². The highest BCUT2D eigenvalue weighted by Gasteiger charge is 1.88. The first kappa shape index (κ1) is 10.0. The van der Waals surface area contributed by atoms with E-state index in [2.05, 4.69) is 29.5 Å². The van der Waals surface area contributed by atoms with Crippen molar-refractivity contribution in [2.45, 2.75) is 19.8 Å². The van der Waals surface area contributed by atoms with E-state index in [1.807, 2.05) is 17.1 Å². The molecule has 1 aromatic rings. The van der Waals surface area contributed by atoms with Gasteiger partial charge in [0.05, 0.1) is 6.26 Å². The van der Waals surface area contributed by atoms with Crippen LogP contribution in [0, 0.1) is 0 Å². The van der Waals surface area contributed by atoms with Crippen LogP contribution in [0.4, 0.5) is 0 Å². The van der Waals surface area contributed by atoms with Gasteiger partial charge in [-0.1, -0.05) is 29.5 Å². The molecule has 1 aromatic heterocycles. The summed E-state index contributed by atoms with van der Waals surface area (Å²) in [6.07, 6.45) is 3.94. The molecule has 58 valence electrons. The Balaban J connectivity index is 0.000000371. The molecular formula is C8H13IO. The van der Waals surface area contributed by atoms with Crippen molar-refractivity contribution in [2.24, 2.45) is 0 Å². The minimum atomic E-state index is 1.06. The summed E-state index contributed by atoms with van der Waals surface area (Å²) in [7, 11) is 0. The van der Waals surface area contributed by atoms with Gasteiger partial charge in [-0.25, -0.2) is 0 Å². The molecule has 0 unspecified atom stereocenters. The molecule has 0 bridgehead atoms. The van der Waals surface area contributed by atoms with Crippen LogP contribution in [-0.2, 0) is 6.42 Å². The van der Waals surface area contributed by atoms with E-state index in [1.165, 1.54) is 0 Å². The van der Waals surface area contributed by atoms with Crippen molar-refractivity contribution < 1.29 is 4.42 Å². The summed E-state index contributed by atoms with van der Waals surface area (Å²) in [5.74, 6) is 1.09. The first-order valence-corrected chi connectivity index (χ1v) is 5.49. The van der Waals surface area contributed by atoms with E-state index in [0.717, 1.165) is 18.6 Å². The van der Waals surface area contributed by atoms with E-state index in [-0.39, 0.29) is 0 Å². The summed E-state index contributed by atoms with van der Waals surface area (Å²) in [6.45, 7) is 2.14. The Bertz CT molecular complexity index is 135. The predicted molar refractivity (Wildman–Crippen MR) is 52.6 cm³/mol. The summed E-state index contributed by atoms with van der Waals surface area (Å²) in [6, 6.07) is 3.93. The molecule has 0 saturated carbocycles. The van der Waals surface area contributed by atoms with Crippen LogP contribution in [0.3, 0.4) is 0 Å². The fourth-order valence-electron chi connectivity index (χ4n) is 0.701. The summed E-state index contributed by atoms with van der Waals surface area (Å²) in [5, 5.41) is 0. The van der Waals surface area contributed by atoms with E-state index < -0.39 is 0 Å². The highest BCUT2D eigenvalue weighted by atomic mass is 127. The fraction of sp³-hybridized carbons (Fsp3) is 0.500. The van der Waals surface area contributed by atoms with Crippen LogP contribution >= 0.6 is 22.6 Å². The molecule has 0 radical (unpaired) electrons. The minimum Gasteiger partial charge on any atom is -0.469 e. The maximum absolute atomic E-state index is 5.07. The molecule has 0 saturated heterocycles. The number of hydrogen-bond donors (Lipinski definition) is 0. The zero-order valence-corrected chi connectivity index (χ0v) is 8.59. The standard InChI is InChI=1S/C7H10O.CH3I/c1-2-4-7-5-3-6-8-7;1-2/h3,5-6H,2,4H2,1H3;1H3. The molecule has 0 aliphatic rings. The Labute approximate surface area is 76.0 Å². The van der Waals surface area contributed by atoms with Gasteiger partial charge in [0, 0.05) is 6.42 Å². The molecule has 0 amide bonds. The molecule has 10 heavy (non-hydrogen) atoms. The van der Waals surface area contributed by atoms with Crippen molar-refractivity contribution >= 4 is 22.6 Å². The second kappa shape index (κ2) is 7.12. The van der Waals surface area contributed by atoms with Gasteiger partial charge in [0.2, 0.25) is 0 Å². The molecule has 0 aliphatic carbocycles. The van der Waals surface area contributed by atoms with Gasteiger partial charge in [0.25, 0.3) is 0 Å². The molecule has 0 spiro atoms. The normalized spacial score (nSPS) is 8.30. The van der Waals surface area contributed by atoms with Gasteiger partial charge in [-0.05, 0) is 23.5 Å². The van der Waals surface area contributed by atoms with Gasteiger partial charge in [0.15, 0.2) is 0 Å². The van der Waals surface area contributed by atoms with Gasteiger partial charge in [-0.3, -0.25) is 0 Å². The van der Waals surface area contributed by atoms with Gasteiger partial charge < -0.3 is 4.42 Å². The van der Waals surface area contributed by atoms with E-state index in [0.29, 0.717) is 0 Å². The van der Waals surface area contributed by atoms with Crippen molar-refractivity contribution in [1.29, 1.82) is 0 Å². The molecule has 0 atom stereocenters. The van der Waals surface area contributed by atoms with Crippen LogP contribution in [0.15, 0.2) is 22.8 Å². The average Bonchev–Trinajstić information content (AvgIpc) is 2.46. The Morgan fingerprint density at radius 2 is 2.20 bits per heavy atom. The van der Waals surface area contributed by atoms with Gasteiger partial charge in [0.1, 0.15) is 5.76 Å². The van der Waals surface area contributed by atoms with Crippen molar-refractivity contribution in [3.8, 4) is 0 Å². The quantitative estimate of drug-likeness (QED) is 0.581. The maximum atomic E-state index is 5.07. The van der Waals surface area contributed by atoms with Crippen molar-refractivity contribution in [3.63, 3.8) is 0 Å². The van der Waals surface area contributed by atoms with E-state index >= 15 is 0 Å². The first-order valence-electron chi connectivity index (χ1n) is 3.33. The Hall–Kier alpha value is 0.0100. The summed E-state index contributed by atoms with van der Waals surface area (Å²) >= 11 is 2.15. The smallest absolute Gasteiger partial charge is 0.103 e. The third kappa shape index (κ3) is 3.93. The topological polar surface area (TPSA) is 13.1 Å². The van der Waals surface area contributed by atoms with Crippen LogP contribution in [0.2, 0.25) is 0 Å². The Morgan fingerprint density at radius 3 is 2.60 bits per heavy atom. The number of aryl methyl sites for hydroxylation is 1. The SMILES string of the molecule is CCCc1ccco1.CI. The van der Waals surface area contributed by atoms with Crippen LogP contribution in [0.25, 0.3) is 0 Å². The zero-order valence-electron chi connectivity index (χ0n) is 6.43. The lowest BCUT2D eigenvalue weighted by Gasteiger charge is -1.85.